The Morgan fingerprint density at radius 2 is 2.17 bits per heavy atom. The van der Waals surface area contributed by atoms with Crippen LogP contribution in [0, 0.1) is 0 Å². The third-order valence-electron chi connectivity index (χ3n) is 2.94. The highest BCUT2D eigenvalue weighted by Gasteiger charge is 2.08. The smallest absolute Gasteiger partial charge is 0.0928 e. The molecule has 0 radical (unpaired) electrons. The van der Waals surface area contributed by atoms with Crippen molar-refractivity contribution in [2.45, 2.75) is 39.5 Å². The van der Waals surface area contributed by atoms with E-state index in [1.807, 2.05) is 4.68 Å². The maximum absolute atomic E-state index is 5.30. The van der Waals surface area contributed by atoms with E-state index in [4.69, 9.17) is 9.47 Å². The Morgan fingerprint density at radius 1 is 1.39 bits per heavy atom. The number of hydrogen-bond donors (Lipinski definition) is 1. The predicted octanol–water partition coefficient (Wildman–Crippen LogP) is 1.22. The second-order valence-electron chi connectivity index (χ2n) is 4.24. The van der Waals surface area contributed by atoms with Gasteiger partial charge in [-0.1, -0.05) is 6.92 Å². The molecule has 0 bridgehead atoms. The molecule has 18 heavy (non-hydrogen) atoms. The lowest BCUT2D eigenvalue weighted by molar-refractivity contribution is 0.0287. The molecule has 0 fully saturated rings. The molecule has 1 heterocycles. The van der Waals surface area contributed by atoms with Crippen LogP contribution in [0.4, 0.5) is 0 Å². The van der Waals surface area contributed by atoms with Crippen molar-refractivity contribution < 1.29 is 9.47 Å². The van der Waals surface area contributed by atoms with E-state index in [9.17, 15) is 0 Å². The number of nitrogens with zero attached hydrogens (tertiary/aromatic N) is 2. The van der Waals surface area contributed by atoms with Crippen molar-refractivity contribution in [3.8, 4) is 0 Å². The normalized spacial score (nSPS) is 12.9. The summed E-state index contributed by atoms with van der Waals surface area (Å²) in [7, 11) is 3.39. The SMILES string of the molecule is CCc1cc(CNCC(COC)OC)n(CC)n1. The number of aryl methyl sites for hydroxylation is 2. The van der Waals surface area contributed by atoms with Gasteiger partial charge in [0.25, 0.3) is 0 Å². The molecule has 1 aromatic heterocycles. The van der Waals surface area contributed by atoms with Gasteiger partial charge in [0.1, 0.15) is 0 Å². The Hall–Kier alpha value is -0.910. The molecule has 0 spiro atoms. The lowest BCUT2D eigenvalue weighted by Gasteiger charge is -2.15. The molecule has 1 N–H and O–H groups in total. The van der Waals surface area contributed by atoms with E-state index < -0.39 is 0 Å². The number of rotatable bonds is 9. The highest BCUT2D eigenvalue weighted by Crippen LogP contribution is 2.05. The fraction of sp³-hybridized carbons (Fsp3) is 0.769. The van der Waals surface area contributed by atoms with Crippen LogP contribution in [0.25, 0.3) is 0 Å². The second-order valence-corrected chi connectivity index (χ2v) is 4.24. The van der Waals surface area contributed by atoms with Gasteiger partial charge >= 0.3 is 0 Å². The summed E-state index contributed by atoms with van der Waals surface area (Å²) in [5, 5.41) is 7.91. The summed E-state index contributed by atoms with van der Waals surface area (Å²) in [5.74, 6) is 0. The third-order valence-corrected chi connectivity index (χ3v) is 2.94. The van der Waals surface area contributed by atoms with Crippen LogP contribution in [0.2, 0.25) is 0 Å². The lowest BCUT2D eigenvalue weighted by atomic mass is 10.3. The lowest BCUT2D eigenvalue weighted by Crippen LogP contribution is -2.32. The predicted molar refractivity (Wildman–Crippen MR) is 71.7 cm³/mol. The van der Waals surface area contributed by atoms with Gasteiger partial charge in [-0.05, 0) is 19.4 Å². The van der Waals surface area contributed by atoms with E-state index in [-0.39, 0.29) is 6.10 Å². The molecule has 1 atom stereocenters. The highest BCUT2D eigenvalue weighted by molar-refractivity contribution is 5.10. The average Bonchev–Trinajstić information content (AvgIpc) is 2.80. The Balaban J connectivity index is 2.44. The Morgan fingerprint density at radius 3 is 2.72 bits per heavy atom. The van der Waals surface area contributed by atoms with Crippen molar-refractivity contribution in [3.05, 3.63) is 17.5 Å². The average molecular weight is 255 g/mol. The number of aromatic nitrogens is 2. The Bertz CT molecular complexity index is 339. The van der Waals surface area contributed by atoms with Crippen LogP contribution in [-0.2, 0) is 29.0 Å². The molecule has 5 nitrogen and oxygen atoms in total. The van der Waals surface area contributed by atoms with Crippen LogP contribution in [0.3, 0.4) is 0 Å². The van der Waals surface area contributed by atoms with Crippen LogP contribution >= 0.6 is 0 Å². The van der Waals surface area contributed by atoms with Crippen molar-refractivity contribution in [2.24, 2.45) is 0 Å². The number of methoxy groups -OCH3 is 2. The maximum Gasteiger partial charge on any atom is 0.0928 e. The largest absolute Gasteiger partial charge is 0.382 e. The number of ether oxygens (including phenoxy) is 2. The van der Waals surface area contributed by atoms with E-state index in [0.29, 0.717) is 6.61 Å². The van der Waals surface area contributed by atoms with Crippen LogP contribution in [0.5, 0.6) is 0 Å². The molecule has 0 aromatic carbocycles. The van der Waals surface area contributed by atoms with Gasteiger partial charge in [0.2, 0.25) is 0 Å². The topological polar surface area (TPSA) is 48.3 Å². The van der Waals surface area contributed by atoms with Gasteiger partial charge in [-0.3, -0.25) is 4.68 Å². The quantitative estimate of drug-likeness (QED) is 0.720. The molecule has 0 aliphatic carbocycles. The summed E-state index contributed by atoms with van der Waals surface area (Å²) in [4.78, 5) is 0. The zero-order valence-corrected chi connectivity index (χ0v) is 11.9. The van der Waals surface area contributed by atoms with E-state index in [1.165, 1.54) is 5.69 Å². The first kappa shape index (κ1) is 15.1. The fourth-order valence-corrected chi connectivity index (χ4v) is 1.86. The monoisotopic (exact) mass is 255 g/mol. The minimum atomic E-state index is 0.0960. The summed E-state index contributed by atoms with van der Waals surface area (Å²) in [6.45, 7) is 7.34. The van der Waals surface area contributed by atoms with Gasteiger partial charge in [0.15, 0.2) is 0 Å². The molecule has 1 unspecified atom stereocenters. The van der Waals surface area contributed by atoms with Crippen molar-refractivity contribution in [1.29, 1.82) is 0 Å². The standard InChI is InChI=1S/C13H25N3O2/c1-5-11-7-12(16(6-2)15-11)8-14-9-13(18-4)10-17-3/h7,13-14H,5-6,8-10H2,1-4H3. The van der Waals surface area contributed by atoms with Crippen LogP contribution < -0.4 is 5.32 Å². The van der Waals surface area contributed by atoms with Gasteiger partial charge in [-0.15, -0.1) is 0 Å². The number of hydrogen-bond acceptors (Lipinski definition) is 4. The first-order chi connectivity index (χ1) is 8.74. The van der Waals surface area contributed by atoms with Crippen molar-refractivity contribution in [3.63, 3.8) is 0 Å². The molecular formula is C13H25N3O2. The Labute approximate surface area is 109 Å². The van der Waals surface area contributed by atoms with E-state index in [0.717, 1.165) is 31.7 Å². The van der Waals surface area contributed by atoms with Gasteiger partial charge < -0.3 is 14.8 Å². The van der Waals surface area contributed by atoms with Crippen LogP contribution in [-0.4, -0.2) is 43.3 Å². The molecule has 0 amide bonds. The highest BCUT2D eigenvalue weighted by atomic mass is 16.5. The number of nitrogens with one attached hydrogen (secondary N) is 1. The van der Waals surface area contributed by atoms with Crippen molar-refractivity contribution in [2.75, 3.05) is 27.4 Å². The molecule has 1 rings (SSSR count). The molecular weight excluding hydrogens is 230 g/mol. The summed E-state index contributed by atoms with van der Waals surface area (Å²) in [6, 6.07) is 2.16. The zero-order valence-electron chi connectivity index (χ0n) is 11.9. The first-order valence-corrected chi connectivity index (χ1v) is 6.53. The minimum Gasteiger partial charge on any atom is -0.382 e. The van der Waals surface area contributed by atoms with Gasteiger partial charge in [-0.25, -0.2) is 0 Å². The van der Waals surface area contributed by atoms with Crippen molar-refractivity contribution in [1.82, 2.24) is 15.1 Å². The maximum atomic E-state index is 5.30. The summed E-state index contributed by atoms with van der Waals surface area (Å²) >= 11 is 0. The van der Waals surface area contributed by atoms with Crippen molar-refractivity contribution >= 4 is 0 Å². The second kappa shape index (κ2) is 8.24. The summed E-state index contributed by atoms with van der Waals surface area (Å²) in [5.41, 5.74) is 2.37. The first-order valence-electron chi connectivity index (χ1n) is 6.53. The Kier molecular flexibility index (Phi) is 6.93. The molecule has 0 saturated carbocycles. The van der Waals surface area contributed by atoms with Crippen LogP contribution in [0.1, 0.15) is 25.2 Å². The van der Waals surface area contributed by atoms with E-state index >= 15 is 0 Å². The molecule has 0 aliphatic heterocycles. The van der Waals surface area contributed by atoms with Gasteiger partial charge in [0, 0.05) is 33.9 Å². The van der Waals surface area contributed by atoms with Crippen LogP contribution in [0.15, 0.2) is 6.07 Å². The zero-order chi connectivity index (χ0) is 13.4. The third kappa shape index (κ3) is 4.40. The molecule has 0 saturated heterocycles. The molecule has 5 heteroatoms. The van der Waals surface area contributed by atoms with Gasteiger partial charge in [0.05, 0.1) is 24.1 Å². The molecule has 0 aliphatic rings. The fourth-order valence-electron chi connectivity index (χ4n) is 1.86. The minimum absolute atomic E-state index is 0.0960. The summed E-state index contributed by atoms with van der Waals surface area (Å²) in [6.07, 6.45) is 1.07. The van der Waals surface area contributed by atoms with E-state index in [2.05, 4.69) is 30.3 Å². The van der Waals surface area contributed by atoms with Gasteiger partial charge in [-0.2, -0.15) is 5.10 Å². The molecule has 104 valence electrons. The van der Waals surface area contributed by atoms with E-state index in [1.54, 1.807) is 14.2 Å². The summed E-state index contributed by atoms with van der Waals surface area (Å²) < 4.78 is 12.4. The molecule has 1 aromatic rings.